The molecule has 2 aromatic rings. The third-order valence-electron chi connectivity index (χ3n) is 5.12. The molecule has 8 heteroatoms. The van der Waals surface area contributed by atoms with E-state index in [-0.39, 0.29) is 29.3 Å². The molecule has 172 valence electrons. The fourth-order valence-electron chi connectivity index (χ4n) is 3.43. The summed E-state index contributed by atoms with van der Waals surface area (Å²) in [7, 11) is 0. The van der Waals surface area contributed by atoms with Crippen molar-refractivity contribution in [2.24, 2.45) is 0 Å². The molecule has 1 aromatic carbocycles. The van der Waals surface area contributed by atoms with E-state index in [1.165, 1.54) is 6.92 Å². The Kier molecular flexibility index (Phi) is 8.48. The minimum Gasteiger partial charge on any atom is -0.494 e. The van der Waals surface area contributed by atoms with Crippen molar-refractivity contribution < 1.29 is 19.4 Å². The Morgan fingerprint density at radius 2 is 1.81 bits per heavy atom. The molecule has 0 spiro atoms. The molecule has 0 fully saturated rings. The number of aromatic nitrogens is 1. The Hall–Kier alpha value is -2.82. The summed E-state index contributed by atoms with van der Waals surface area (Å²) in [5, 5.41) is 20.9. The molecular formula is C24H29ClN2O5. The van der Waals surface area contributed by atoms with Gasteiger partial charge in [0.15, 0.2) is 6.10 Å². The Balaban J connectivity index is 2.40. The number of ketones is 1. The van der Waals surface area contributed by atoms with Gasteiger partial charge in [0.2, 0.25) is 11.7 Å². The minimum absolute atomic E-state index is 0.0308. The van der Waals surface area contributed by atoms with E-state index in [1.54, 1.807) is 19.1 Å². The Morgan fingerprint density at radius 3 is 2.34 bits per heavy atom. The van der Waals surface area contributed by atoms with Crippen LogP contribution in [0.25, 0.3) is 0 Å². The number of rotatable bonds is 9. The second-order valence-electron chi connectivity index (χ2n) is 8.04. The number of aromatic hydroxyl groups is 1. The number of halogens is 1. The summed E-state index contributed by atoms with van der Waals surface area (Å²) in [6, 6.07) is 5.31. The van der Waals surface area contributed by atoms with Gasteiger partial charge in [0, 0.05) is 18.2 Å². The van der Waals surface area contributed by atoms with E-state index < -0.39 is 23.3 Å². The third kappa shape index (κ3) is 5.50. The number of benzene rings is 1. The molecule has 0 aliphatic rings. The molecule has 7 nitrogen and oxygen atoms in total. The van der Waals surface area contributed by atoms with Gasteiger partial charge in [-0.1, -0.05) is 11.6 Å². The van der Waals surface area contributed by atoms with Crippen LogP contribution in [0.4, 0.5) is 0 Å². The molecule has 32 heavy (non-hydrogen) atoms. The largest absolute Gasteiger partial charge is 0.494 e. The monoisotopic (exact) mass is 460 g/mol. The molecular weight excluding hydrogens is 432 g/mol. The molecule has 0 aliphatic carbocycles. The quantitative estimate of drug-likeness (QED) is 0.437. The maximum Gasteiger partial charge on any atom is 0.271 e. The number of hydrogen-bond acceptors (Lipinski definition) is 6. The number of nitrogens with zero attached hydrogens (tertiary/aromatic N) is 2. The van der Waals surface area contributed by atoms with Gasteiger partial charge >= 0.3 is 0 Å². The number of carbonyl (C=O) groups is 1. The first-order valence-electron chi connectivity index (χ1n) is 10.4. The highest BCUT2D eigenvalue weighted by Gasteiger charge is 2.28. The van der Waals surface area contributed by atoms with E-state index >= 15 is 0 Å². The van der Waals surface area contributed by atoms with E-state index in [0.29, 0.717) is 23.8 Å². The van der Waals surface area contributed by atoms with Gasteiger partial charge in [-0.05, 0) is 76.8 Å². The molecule has 2 rings (SSSR count). The van der Waals surface area contributed by atoms with E-state index in [2.05, 4.69) is 0 Å². The maximum atomic E-state index is 13.2. The Morgan fingerprint density at radius 1 is 1.22 bits per heavy atom. The molecule has 1 atom stereocenters. The van der Waals surface area contributed by atoms with Crippen LogP contribution < -0.4 is 10.3 Å². The number of Topliss-reactive ketones (excluding diaryl/α,β-unsaturated/α-hetero) is 1. The highest BCUT2D eigenvalue weighted by Crippen LogP contribution is 2.28. The number of hydrogen-bond donors (Lipinski definition) is 1. The second kappa shape index (κ2) is 10.7. The van der Waals surface area contributed by atoms with Crippen molar-refractivity contribution >= 4 is 17.4 Å². The van der Waals surface area contributed by atoms with Gasteiger partial charge in [-0.2, -0.15) is 5.26 Å². The first-order valence-corrected chi connectivity index (χ1v) is 10.8. The van der Waals surface area contributed by atoms with Gasteiger partial charge in [-0.15, -0.1) is 0 Å². The van der Waals surface area contributed by atoms with Crippen molar-refractivity contribution in [3.05, 3.63) is 55.3 Å². The lowest BCUT2D eigenvalue weighted by molar-refractivity contribution is 0.0742. The summed E-state index contributed by atoms with van der Waals surface area (Å²) in [6.07, 6.45) is -0.507. The van der Waals surface area contributed by atoms with Crippen molar-refractivity contribution in [3.8, 4) is 17.7 Å². The van der Waals surface area contributed by atoms with Crippen LogP contribution in [0.3, 0.4) is 0 Å². The summed E-state index contributed by atoms with van der Waals surface area (Å²) in [4.78, 5) is 25.9. The van der Waals surface area contributed by atoms with Crippen LogP contribution in [-0.2, 0) is 11.3 Å². The van der Waals surface area contributed by atoms with Gasteiger partial charge in [0.05, 0.1) is 11.7 Å². The lowest BCUT2D eigenvalue weighted by atomic mass is 9.99. The number of aryl methyl sites for hydroxylation is 2. The highest BCUT2D eigenvalue weighted by molar-refractivity contribution is 6.32. The zero-order valence-electron chi connectivity index (χ0n) is 19.3. The predicted molar refractivity (Wildman–Crippen MR) is 123 cm³/mol. The zero-order valence-corrected chi connectivity index (χ0v) is 20.0. The molecule has 1 heterocycles. The molecule has 1 unspecified atom stereocenters. The van der Waals surface area contributed by atoms with Crippen LogP contribution in [0, 0.1) is 32.1 Å². The third-order valence-corrected chi connectivity index (χ3v) is 5.71. The van der Waals surface area contributed by atoms with Crippen molar-refractivity contribution in [2.45, 2.75) is 66.7 Å². The first-order chi connectivity index (χ1) is 15.0. The molecule has 0 amide bonds. The fraction of sp³-hybridized carbons (Fsp3) is 0.458. The molecule has 1 N–H and O–H groups in total. The van der Waals surface area contributed by atoms with Crippen LogP contribution in [0.5, 0.6) is 11.6 Å². The number of ether oxygens (including phenoxy) is 2. The average Bonchev–Trinajstić information content (AvgIpc) is 2.71. The minimum atomic E-state index is -0.971. The fourth-order valence-corrected chi connectivity index (χ4v) is 3.54. The number of nitriles is 1. The number of carbonyl (C=O) groups excluding carboxylic acids is 1. The van der Waals surface area contributed by atoms with Crippen LogP contribution in [-0.4, -0.2) is 34.3 Å². The number of pyridine rings is 1. The summed E-state index contributed by atoms with van der Waals surface area (Å²) in [6.45, 7) is 11.0. The Bertz CT molecular complexity index is 1090. The topological polar surface area (TPSA) is 102 Å². The van der Waals surface area contributed by atoms with Gasteiger partial charge < -0.3 is 14.6 Å². The normalized spacial score (nSPS) is 12.0. The van der Waals surface area contributed by atoms with Crippen LogP contribution in [0.2, 0.25) is 5.02 Å². The summed E-state index contributed by atoms with van der Waals surface area (Å²) in [5.74, 6) is -0.545. The first kappa shape index (κ1) is 25.4. The lowest BCUT2D eigenvalue weighted by Gasteiger charge is -2.19. The summed E-state index contributed by atoms with van der Waals surface area (Å²) in [5.41, 5.74) is 0.838. The molecule has 0 saturated carbocycles. The standard InChI is InChI=1S/C24H29ClN2O5/c1-13(2)31-9-7-8-27-23(29)19(12-26)16(5)20(24(27)30)22(28)17(6)32-18-10-14(3)21(25)15(4)11-18/h10-11,13,17,30H,7-9H2,1-6H3. The highest BCUT2D eigenvalue weighted by atomic mass is 35.5. The van der Waals surface area contributed by atoms with Gasteiger partial charge in [-0.3, -0.25) is 14.2 Å². The molecule has 0 aliphatic heterocycles. The van der Waals surface area contributed by atoms with Gasteiger partial charge in [0.1, 0.15) is 17.4 Å². The summed E-state index contributed by atoms with van der Waals surface area (Å²) < 4.78 is 12.3. The SMILES string of the molecule is Cc1cc(OC(C)C(=O)c2c(C)c(C#N)c(=O)n(CCCOC(C)C)c2O)cc(C)c1Cl. The van der Waals surface area contributed by atoms with E-state index in [9.17, 15) is 20.0 Å². The summed E-state index contributed by atoms with van der Waals surface area (Å²) >= 11 is 6.19. The van der Waals surface area contributed by atoms with Crippen LogP contribution in [0.15, 0.2) is 16.9 Å². The van der Waals surface area contributed by atoms with Crippen molar-refractivity contribution in [1.29, 1.82) is 5.26 Å². The van der Waals surface area contributed by atoms with Crippen molar-refractivity contribution in [3.63, 3.8) is 0 Å². The van der Waals surface area contributed by atoms with Gasteiger partial charge in [-0.25, -0.2) is 0 Å². The molecule has 1 aromatic heterocycles. The van der Waals surface area contributed by atoms with Crippen LogP contribution in [0.1, 0.15) is 59.8 Å². The Labute approximate surface area is 193 Å². The average molecular weight is 461 g/mol. The van der Waals surface area contributed by atoms with Gasteiger partial charge in [0.25, 0.3) is 5.56 Å². The smallest absolute Gasteiger partial charge is 0.271 e. The molecule has 0 bridgehead atoms. The molecule has 0 saturated heterocycles. The van der Waals surface area contributed by atoms with E-state index in [4.69, 9.17) is 21.1 Å². The maximum absolute atomic E-state index is 13.2. The van der Waals surface area contributed by atoms with Crippen molar-refractivity contribution in [1.82, 2.24) is 4.57 Å². The predicted octanol–water partition coefficient (Wildman–Crippen LogP) is 4.47. The van der Waals surface area contributed by atoms with E-state index in [0.717, 1.165) is 15.7 Å². The lowest BCUT2D eigenvalue weighted by Crippen LogP contribution is -2.31. The van der Waals surface area contributed by atoms with Crippen LogP contribution >= 0.6 is 11.6 Å². The zero-order chi connectivity index (χ0) is 24.2. The second-order valence-corrected chi connectivity index (χ2v) is 8.41. The van der Waals surface area contributed by atoms with E-state index in [1.807, 2.05) is 33.8 Å². The van der Waals surface area contributed by atoms with Crippen molar-refractivity contribution in [2.75, 3.05) is 6.61 Å². The molecule has 0 radical (unpaired) electrons.